The van der Waals surface area contributed by atoms with Crippen LogP contribution in [0.5, 0.6) is 17.2 Å². The Bertz CT molecular complexity index is 882. The van der Waals surface area contributed by atoms with Gasteiger partial charge in [0.2, 0.25) is 6.75 Å². The zero-order valence-corrected chi connectivity index (χ0v) is 13.0. The summed E-state index contributed by atoms with van der Waals surface area (Å²) >= 11 is 0. The summed E-state index contributed by atoms with van der Waals surface area (Å²) in [5, 5.41) is 3.14. The zero-order valence-electron chi connectivity index (χ0n) is 17.0. The molecule has 126 valence electrons. The van der Waals surface area contributed by atoms with E-state index in [-0.39, 0.29) is 30.5 Å². The van der Waals surface area contributed by atoms with Gasteiger partial charge in [0.15, 0.2) is 11.5 Å². The molecule has 0 spiro atoms. The molecule has 2 aliphatic rings. The monoisotopic (exact) mass is 333 g/mol. The highest BCUT2D eigenvalue weighted by molar-refractivity contribution is 5.46. The number of benzene rings is 2. The van der Waals surface area contributed by atoms with Crippen LogP contribution in [0.25, 0.3) is 0 Å². The average Bonchev–Trinajstić information content (AvgIpc) is 2.96. The molecule has 4 rings (SSSR count). The third-order valence-electron chi connectivity index (χ3n) is 4.14. The number of piperidine rings is 1. The number of nitrogens with one attached hydrogen (secondary N) is 1. The molecule has 2 heterocycles. The normalized spacial score (nSPS) is 33.0. The van der Waals surface area contributed by atoms with Gasteiger partial charge in [0, 0.05) is 21.2 Å². The van der Waals surface area contributed by atoms with Crippen LogP contribution in [-0.4, -0.2) is 26.4 Å². The zero-order chi connectivity index (χ0) is 20.0. The molecule has 1 unspecified atom stereocenters. The number of rotatable bonds is 4. The lowest BCUT2D eigenvalue weighted by molar-refractivity contribution is 0.173. The smallest absolute Gasteiger partial charge is 0.231 e. The van der Waals surface area contributed by atoms with Gasteiger partial charge in [0.05, 0.1) is 6.61 Å². The van der Waals surface area contributed by atoms with Crippen molar-refractivity contribution in [2.75, 3.05) is 26.4 Å². The molecule has 4 nitrogen and oxygen atoms in total. The Morgan fingerprint density at radius 3 is 2.92 bits per heavy atom. The second kappa shape index (κ2) is 6.69. The summed E-state index contributed by atoms with van der Waals surface area (Å²) in [6.07, 6.45) is 0.396. The predicted octanol–water partition coefficient (Wildman–Crippen LogP) is 3.33. The van der Waals surface area contributed by atoms with E-state index in [0.717, 1.165) is 0 Å². The van der Waals surface area contributed by atoms with E-state index in [2.05, 4.69) is 5.32 Å². The summed E-state index contributed by atoms with van der Waals surface area (Å²) in [4.78, 5) is 0. The van der Waals surface area contributed by atoms with Crippen molar-refractivity contribution in [3.05, 3.63) is 53.8 Å². The first kappa shape index (κ1) is 11.3. The molecule has 2 atom stereocenters. The molecule has 0 aliphatic carbocycles. The Balaban J connectivity index is 1.55. The molecule has 0 radical (unpaired) electrons. The molecule has 0 amide bonds. The summed E-state index contributed by atoms with van der Waals surface area (Å²) in [6, 6.07) is 10.4. The second-order valence-corrected chi connectivity index (χ2v) is 5.70. The van der Waals surface area contributed by atoms with Gasteiger partial charge in [-0.05, 0) is 48.7 Å². The second-order valence-electron chi connectivity index (χ2n) is 5.70. The van der Waals surface area contributed by atoms with Crippen molar-refractivity contribution in [2.24, 2.45) is 5.89 Å². The quantitative estimate of drug-likeness (QED) is 0.932. The molecule has 2 aromatic carbocycles. The highest BCUT2D eigenvalue weighted by atomic mass is 19.1. The third kappa shape index (κ3) is 3.17. The summed E-state index contributed by atoms with van der Waals surface area (Å²) in [7, 11) is 0. The molecule has 0 aromatic heterocycles. The molecule has 1 saturated heterocycles. The molecule has 2 aliphatic heterocycles. The standard InChI is InChI=1S/C19H20FNO3/c20-15-3-1-13(2-4-15)17-7-8-21-10-14(17)11-22-16-5-6-18-19(9-16)24-12-23-18/h1-6,9,14,17,21H,7-8,10-12H2/t14-,17?/m1/s1/i12D2,14D,17D. The molecule has 2 aromatic rings. The van der Waals surface area contributed by atoms with E-state index >= 15 is 0 Å². The number of hydrogen-bond acceptors (Lipinski definition) is 4. The Morgan fingerprint density at radius 2 is 2.04 bits per heavy atom. The fourth-order valence-electron chi connectivity index (χ4n) is 2.90. The van der Waals surface area contributed by atoms with Crippen molar-refractivity contribution in [2.45, 2.75) is 12.3 Å². The fraction of sp³-hybridized carbons (Fsp3) is 0.368. The van der Waals surface area contributed by atoms with E-state index < -0.39 is 18.5 Å². The summed E-state index contributed by atoms with van der Waals surface area (Å²) in [5.41, 5.74) is 0.577. The fourth-order valence-corrected chi connectivity index (χ4v) is 2.90. The molecular formula is C19H20FNO3. The number of fused-ring (bicyclic) bond motifs is 1. The molecule has 1 N–H and O–H groups in total. The number of hydrogen-bond donors (Lipinski definition) is 1. The van der Waals surface area contributed by atoms with Gasteiger partial charge in [-0.2, -0.15) is 0 Å². The lowest BCUT2D eigenvalue weighted by Crippen LogP contribution is -2.38. The van der Waals surface area contributed by atoms with Gasteiger partial charge >= 0.3 is 0 Å². The first-order chi connectivity index (χ1) is 13.2. The lowest BCUT2D eigenvalue weighted by atomic mass is 9.81. The van der Waals surface area contributed by atoms with E-state index in [4.69, 9.17) is 19.7 Å². The van der Waals surface area contributed by atoms with Crippen LogP contribution in [0.15, 0.2) is 42.5 Å². The highest BCUT2D eigenvalue weighted by Crippen LogP contribution is 2.36. The van der Waals surface area contributed by atoms with Crippen LogP contribution < -0.4 is 19.5 Å². The number of halogens is 1. The maximum Gasteiger partial charge on any atom is 0.231 e. The van der Waals surface area contributed by atoms with Gasteiger partial charge < -0.3 is 19.5 Å². The van der Waals surface area contributed by atoms with Crippen molar-refractivity contribution in [1.29, 1.82) is 0 Å². The van der Waals surface area contributed by atoms with E-state index in [1.54, 1.807) is 24.3 Å². The summed E-state index contributed by atoms with van der Waals surface area (Å²) < 4.78 is 62.1. The Kier molecular flexibility index (Phi) is 3.15. The largest absolute Gasteiger partial charge is 0.493 e. The van der Waals surface area contributed by atoms with Gasteiger partial charge in [-0.1, -0.05) is 12.1 Å². The van der Waals surface area contributed by atoms with Crippen LogP contribution in [0.4, 0.5) is 4.39 Å². The van der Waals surface area contributed by atoms with Crippen LogP contribution in [-0.2, 0) is 0 Å². The number of ether oxygens (including phenoxy) is 3. The highest BCUT2D eigenvalue weighted by Gasteiger charge is 2.27. The van der Waals surface area contributed by atoms with Gasteiger partial charge in [0.1, 0.15) is 14.3 Å². The Hall–Kier alpha value is -2.27. The van der Waals surface area contributed by atoms with Crippen molar-refractivity contribution in [3.63, 3.8) is 0 Å². The van der Waals surface area contributed by atoms with E-state index in [1.807, 2.05) is 0 Å². The van der Waals surface area contributed by atoms with Gasteiger partial charge in [-0.3, -0.25) is 0 Å². The average molecular weight is 333 g/mol. The SMILES string of the molecule is [2H]C1([2H])Oc2ccc(OC[C@@]3([2H])CNCCC3([2H])c3ccc(F)cc3)cc2O1. The first-order valence-electron chi connectivity index (χ1n) is 9.83. The van der Waals surface area contributed by atoms with Crippen molar-refractivity contribution in [1.82, 2.24) is 5.32 Å². The molecule has 24 heavy (non-hydrogen) atoms. The van der Waals surface area contributed by atoms with Crippen LogP contribution in [0.2, 0.25) is 0 Å². The van der Waals surface area contributed by atoms with Gasteiger partial charge in [-0.25, -0.2) is 4.39 Å². The van der Waals surface area contributed by atoms with E-state index in [1.165, 1.54) is 18.2 Å². The maximum absolute atomic E-state index is 13.3. The summed E-state index contributed by atoms with van der Waals surface area (Å²) in [5.74, 6) is -2.07. The van der Waals surface area contributed by atoms with Gasteiger partial charge in [-0.15, -0.1) is 0 Å². The molecule has 5 heteroatoms. The van der Waals surface area contributed by atoms with Crippen LogP contribution in [0, 0.1) is 11.7 Å². The minimum Gasteiger partial charge on any atom is -0.493 e. The first-order valence-corrected chi connectivity index (χ1v) is 7.83. The van der Waals surface area contributed by atoms with Crippen molar-refractivity contribution >= 4 is 0 Å². The van der Waals surface area contributed by atoms with Crippen molar-refractivity contribution in [3.8, 4) is 17.2 Å². The third-order valence-corrected chi connectivity index (χ3v) is 4.14. The molecule has 1 fully saturated rings. The van der Waals surface area contributed by atoms with Crippen LogP contribution in [0.3, 0.4) is 0 Å². The van der Waals surface area contributed by atoms with Crippen molar-refractivity contribution < 1.29 is 24.1 Å². The van der Waals surface area contributed by atoms with Gasteiger partial charge in [0.25, 0.3) is 0 Å². The maximum atomic E-state index is 13.3. The molecular weight excluding hydrogens is 309 g/mol. The van der Waals surface area contributed by atoms with E-state index in [0.29, 0.717) is 24.3 Å². The minimum absolute atomic E-state index is 0.0760. The topological polar surface area (TPSA) is 39.7 Å². The lowest BCUT2D eigenvalue weighted by Gasteiger charge is -2.32. The van der Waals surface area contributed by atoms with E-state index in [9.17, 15) is 4.39 Å². The minimum atomic E-state index is -2.22. The van der Waals surface area contributed by atoms with Crippen LogP contribution in [0.1, 0.15) is 23.4 Å². The molecule has 0 saturated carbocycles. The summed E-state index contributed by atoms with van der Waals surface area (Å²) in [6.45, 7) is -1.46. The molecule has 0 bridgehead atoms. The Labute approximate surface area is 146 Å². The van der Waals surface area contributed by atoms with Crippen LogP contribution >= 0.6 is 0 Å². The predicted molar refractivity (Wildman–Crippen MR) is 88.2 cm³/mol. The Morgan fingerprint density at radius 1 is 1.21 bits per heavy atom.